The van der Waals surface area contributed by atoms with Crippen molar-refractivity contribution in [2.24, 2.45) is 5.73 Å². The maximum absolute atomic E-state index is 11.6. The number of hydrogen-bond acceptors (Lipinski definition) is 3. The Labute approximate surface area is 91.2 Å². The van der Waals surface area contributed by atoms with Gasteiger partial charge in [0.15, 0.2) is 9.84 Å². The van der Waals surface area contributed by atoms with E-state index < -0.39 is 9.84 Å². The first-order valence-electron chi connectivity index (χ1n) is 5.00. The van der Waals surface area contributed by atoms with Crippen LogP contribution in [0, 0.1) is 0 Å². The third-order valence-electron chi connectivity index (χ3n) is 2.29. The molecule has 84 valence electrons. The molecule has 0 aliphatic rings. The molecule has 3 nitrogen and oxygen atoms in total. The van der Waals surface area contributed by atoms with Gasteiger partial charge in [-0.15, -0.1) is 0 Å². The Morgan fingerprint density at radius 3 is 2.13 bits per heavy atom. The van der Waals surface area contributed by atoms with Gasteiger partial charge in [-0.2, -0.15) is 0 Å². The van der Waals surface area contributed by atoms with Crippen LogP contribution in [0.3, 0.4) is 0 Å². The zero-order valence-corrected chi connectivity index (χ0v) is 9.92. The molecule has 0 aliphatic heterocycles. The van der Waals surface area contributed by atoms with E-state index >= 15 is 0 Å². The second kappa shape index (κ2) is 4.77. The number of nitrogens with two attached hydrogens (primary N) is 1. The molecule has 0 aliphatic carbocycles. The van der Waals surface area contributed by atoms with Crippen molar-refractivity contribution in [1.82, 2.24) is 0 Å². The molecule has 1 aromatic rings. The van der Waals surface area contributed by atoms with Crippen molar-refractivity contribution < 1.29 is 8.42 Å². The van der Waals surface area contributed by atoms with Crippen molar-refractivity contribution in [3.05, 3.63) is 29.8 Å². The highest BCUT2D eigenvalue weighted by Gasteiger charge is 2.12. The average Bonchev–Trinajstić information content (AvgIpc) is 2.18. The van der Waals surface area contributed by atoms with Crippen LogP contribution in [-0.4, -0.2) is 20.7 Å². The molecule has 0 atom stereocenters. The fourth-order valence-corrected chi connectivity index (χ4v) is 2.43. The summed E-state index contributed by atoms with van der Waals surface area (Å²) in [7, 11) is -3.18. The van der Waals surface area contributed by atoms with E-state index in [-0.39, 0.29) is 12.3 Å². The summed E-state index contributed by atoms with van der Waals surface area (Å²) in [5.74, 6) is 0.421. The van der Waals surface area contributed by atoms with E-state index in [2.05, 4.69) is 13.8 Å². The van der Waals surface area contributed by atoms with E-state index in [0.717, 1.165) is 5.56 Å². The second-order valence-electron chi connectivity index (χ2n) is 3.83. The minimum atomic E-state index is -3.18. The molecule has 2 N–H and O–H groups in total. The van der Waals surface area contributed by atoms with Gasteiger partial charge >= 0.3 is 0 Å². The molecule has 1 rings (SSSR count). The molecular weight excluding hydrogens is 210 g/mol. The van der Waals surface area contributed by atoms with Crippen LogP contribution in [0.15, 0.2) is 29.2 Å². The highest BCUT2D eigenvalue weighted by Crippen LogP contribution is 2.17. The molecule has 0 spiro atoms. The topological polar surface area (TPSA) is 60.2 Å². The molecule has 0 radical (unpaired) electrons. The standard InChI is InChI=1S/C11H17NO2S/c1-9(2)10-3-5-11(6-4-10)15(13,14)8-7-12/h3-6,9H,7-8,12H2,1-2H3. The lowest BCUT2D eigenvalue weighted by atomic mass is 10.0. The van der Waals surface area contributed by atoms with Gasteiger partial charge < -0.3 is 5.73 Å². The van der Waals surface area contributed by atoms with Crippen LogP contribution >= 0.6 is 0 Å². The van der Waals surface area contributed by atoms with Crippen LogP contribution in [0.4, 0.5) is 0 Å². The Bertz CT molecular complexity index is 407. The normalized spacial score (nSPS) is 12.0. The van der Waals surface area contributed by atoms with Crippen molar-refractivity contribution in [2.45, 2.75) is 24.7 Å². The SMILES string of the molecule is CC(C)c1ccc(S(=O)(=O)CCN)cc1. The first-order chi connectivity index (χ1) is 6.97. The van der Waals surface area contributed by atoms with E-state index in [0.29, 0.717) is 10.8 Å². The van der Waals surface area contributed by atoms with Crippen molar-refractivity contribution >= 4 is 9.84 Å². The Hall–Kier alpha value is -0.870. The molecule has 4 heteroatoms. The first kappa shape index (κ1) is 12.2. The molecule has 0 heterocycles. The predicted octanol–water partition coefficient (Wildman–Crippen LogP) is 1.54. The molecule has 15 heavy (non-hydrogen) atoms. The highest BCUT2D eigenvalue weighted by molar-refractivity contribution is 7.91. The lowest BCUT2D eigenvalue weighted by Crippen LogP contribution is -2.15. The Morgan fingerprint density at radius 2 is 1.73 bits per heavy atom. The molecule has 0 aromatic heterocycles. The average molecular weight is 227 g/mol. The summed E-state index contributed by atoms with van der Waals surface area (Å²) in [6.45, 7) is 4.31. The lowest BCUT2D eigenvalue weighted by molar-refractivity contribution is 0.596. The largest absolute Gasteiger partial charge is 0.329 e. The van der Waals surface area contributed by atoms with E-state index in [1.807, 2.05) is 12.1 Å². The highest BCUT2D eigenvalue weighted by atomic mass is 32.2. The van der Waals surface area contributed by atoms with Gasteiger partial charge in [0.25, 0.3) is 0 Å². The van der Waals surface area contributed by atoms with Gasteiger partial charge in [0.05, 0.1) is 10.6 Å². The summed E-state index contributed by atoms with van der Waals surface area (Å²) < 4.78 is 23.3. The first-order valence-corrected chi connectivity index (χ1v) is 6.65. The Kier molecular flexibility index (Phi) is 3.88. The minimum absolute atomic E-state index is 0.00796. The van der Waals surface area contributed by atoms with Crippen LogP contribution in [0.1, 0.15) is 25.3 Å². The smallest absolute Gasteiger partial charge is 0.179 e. The summed E-state index contributed by atoms with van der Waals surface area (Å²) in [6.07, 6.45) is 0. The number of benzene rings is 1. The van der Waals surface area contributed by atoms with Gasteiger partial charge in [-0.05, 0) is 23.6 Å². The number of sulfone groups is 1. The van der Waals surface area contributed by atoms with Gasteiger partial charge in [-0.1, -0.05) is 26.0 Å². The van der Waals surface area contributed by atoms with Crippen molar-refractivity contribution in [3.8, 4) is 0 Å². The zero-order chi connectivity index (χ0) is 11.5. The van der Waals surface area contributed by atoms with Crippen molar-refractivity contribution in [3.63, 3.8) is 0 Å². The van der Waals surface area contributed by atoms with Crippen LogP contribution in [0.25, 0.3) is 0 Å². The zero-order valence-electron chi connectivity index (χ0n) is 9.10. The number of hydrogen-bond donors (Lipinski definition) is 1. The van der Waals surface area contributed by atoms with Crippen LogP contribution in [0.5, 0.6) is 0 Å². The van der Waals surface area contributed by atoms with E-state index in [1.165, 1.54) is 0 Å². The predicted molar refractivity (Wildman–Crippen MR) is 61.6 cm³/mol. The monoisotopic (exact) mass is 227 g/mol. The van der Waals surface area contributed by atoms with Crippen LogP contribution in [0.2, 0.25) is 0 Å². The van der Waals surface area contributed by atoms with Gasteiger partial charge in [-0.3, -0.25) is 0 Å². The summed E-state index contributed by atoms with van der Waals surface area (Å²) >= 11 is 0. The van der Waals surface area contributed by atoms with Gasteiger partial charge in [0, 0.05) is 6.54 Å². The van der Waals surface area contributed by atoms with Crippen LogP contribution < -0.4 is 5.73 Å². The summed E-state index contributed by atoms with van der Waals surface area (Å²) in [5.41, 5.74) is 6.39. The van der Waals surface area contributed by atoms with E-state index in [9.17, 15) is 8.42 Å². The Balaban J connectivity index is 2.99. The van der Waals surface area contributed by atoms with Gasteiger partial charge in [0.2, 0.25) is 0 Å². The maximum atomic E-state index is 11.6. The molecule has 0 amide bonds. The van der Waals surface area contributed by atoms with E-state index in [1.54, 1.807) is 12.1 Å². The fraction of sp³-hybridized carbons (Fsp3) is 0.455. The summed E-state index contributed by atoms with van der Waals surface area (Å²) in [4.78, 5) is 0.359. The fourth-order valence-electron chi connectivity index (χ4n) is 1.33. The minimum Gasteiger partial charge on any atom is -0.329 e. The maximum Gasteiger partial charge on any atom is 0.179 e. The summed E-state index contributed by atoms with van der Waals surface area (Å²) in [5, 5.41) is 0. The number of rotatable bonds is 4. The molecule has 0 saturated heterocycles. The van der Waals surface area contributed by atoms with Crippen LogP contribution in [-0.2, 0) is 9.84 Å². The molecule has 1 aromatic carbocycles. The quantitative estimate of drug-likeness (QED) is 0.848. The lowest BCUT2D eigenvalue weighted by Gasteiger charge is -2.07. The third kappa shape index (κ3) is 3.04. The Morgan fingerprint density at radius 1 is 1.20 bits per heavy atom. The van der Waals surface area contributed by atoms with Crippen molar-refractivity contribution in [2.75, 3.05) is 12.3 Å². The van der Waals surface area contributed by atoms with E-state index in [4.69, 9.17) is 5.73 Å². The van der Waals surface area contributed by atoms with Gasteiger partial charge in [-0.25, -0.2) is 8.42 Å². The second-order valence-corrected chi connectivity index (χ2v) is 5.94. The summed E-state index contributed by atoms with van der Waals surface area (Å²) in [6, 6.07) is 7.02. The third-order valence-corrected chi connectivity index (χ3v) is 4.06. The molecule has 0 bridgehead atoms. The molecular formula is C11H17NO2S. The molecule has 0 unspecified atom stereocenters. The molecule has 0 fully saturated rings. The van der Waals surface area contributed by atoms with Crippen molar-refractivity contribution in [1.29, 1.82) is 0 Å². The van der Waals surface area contributed by atoms with Gasteiger partial charge in [0.1, 0.15) is 0 Å². The molecule has 0 saturated carbocycles.